The molecular weight excluding hydrogens is 262 g/mol. The van der Waals surface area contributed by atoms with Gasteiger partial charge in [-0.05, 0) is 52.0 Å². The zero-order valence-corrected chi connectivity index (χ0v) is 14.1. The fraction of sp³-hybridized carbons (Fsp3) is 0.765. The van der Waals surface area contributed by atoms with Crippen molar-refractivity contribution < 1.29 is 4.42 Å². The SMILES string of the molecule is CC(C)CNCc1coc(CN(C)CC2CCCN2C)c1. The number of hydrogen-bond acceptors (Lipinski definition) is 4. The highest BCUT2D eigenvalue weighted by atomic mass is 16.3. The zero-order chi connectivity index (χ0) is 15.2. The first-order valence-corrected chi connectivity index (χ1v) is 8.20. The van der Waals surface area contributed by atoms with Crippen LogP contribution in [0.5, 0.6) is 0 Å². The van der Waals surface area contributed by atoms with Crippen molar-refractivity contribution in [3.8, 4) is 0 Å². The second-order valence-electron chi connectivity index (χ2n) is 6.92. The van der Waals surface area contributed by atoms with E-state index in [1.807, 2.05) is 6.26 Å². The van der Waals surface area contributed by atoms with Gasteiger partial charge in [-0.2, -0.15) is 0 Å². The summed E-state index contributed by atoms with van der Waals surface area (Å²) in [5.41, 5.74) is 1.25. The second kappa shape index (κ2) is 7.97. The van der Waals surface area contributed by atoms with E-state index in [0.29, 0.717) is 12.0 Å². The van der Waals surface area contributed by atoms with E-state index in [9.17, 15) is 0 Å². The maximum atomic E-state index is 5.69. The molecule has 21 heavy (non-hydrogen) atoms. The first kappa shape index (κ1) is 16.5. The number of likely N-dealkylation sites (tertiary alicyclic amines) is 1. The Balaban J connectivity index is 1.73. The van der Waals surface area contributed by atoms with Crippen LogP contribution in [0.25, 0.3) is 0 Å². The fourth-order valence-electron chi connectivity index (χ4n) is 3.01. The molecule has 1 atom stereocenters. The highest BCUT2D eigenvalue weighted by Crippen LogP contribution is 2.17. The van der Waals surface area contributed by atoms with E-state index in [2.05, 4.69) is 49.1 Å². The molecule has 2 rings (SSSR count). The lowest BCUT2D eigenvalue weighted by Crippen LogP contribution is -2.36. The Morgan fingerprint density at radius 3 is 2.95 bits per heavy atom. The lowest BCUT2D eigenvalue weighted by Gasteiger charge is -2.25. The number of furan rings is 1. The van der Waals surface area contributed by atoms with Crippen LogP contribution in [0.2, 0.25) is 0 Å². The van der Waals surface area contributed by atoms with Crippen molar-refractivity contribution in [3.63, 3.8) is 0 Å². The minimum atomic E-state index is 0.686. The molecule has 0 saturated carbocycles. The molecule has 4 nitrogen and oxygen atoms in total. The summed E-state index contributed by atoms with van der Waals surface area (Å²) in [5.74, 6) is 1.76. The first-order valence-electron chi connectivity index (χ1n) is 8.20. The third-order valence-corrected chi connectivity index (χ3v) is 4.21. The van der Waals surface area contributed by atoms with Crippen LogP contribution in [0.4, 0.5) is 0 Å². The second-order valence-corrected chi connectivity index (χ2v) is 6.92. The van der Waals surface area contributed by atoms with Gasteiger partial charge in [0.2, 0.25) is 0 Å². The number of rotatable bonds is 8. The Morgan fingerprint density at radius 2 is 2.29 bits per heavy atom. The van der Waals surface area contributed by atoms with Crippen LogP contribution in [0.1, 0.15) is 38.0 Å². The van der Waals surface area contributed by atoms with Crippen LogP contribution in [0, 0.1) is 5.92 Å². The maximum Gasteiger partial charge on any atom is 0.118 e. The summed E-state index contributed by atoms with van der Waals surface area (Å²) in [6, 6.07) is 2.89. The molecule has 1 aromatic heterocycles. The molecule has 1 unspecified atom stereocenters. The number of nitrogens with one attached hydrogen (secondary N) is 1. The third-order valence-electron chi connectivity index (χ3n) is 4.21. The molecule has 1 fully saturated rings. The van der Waals surface area contributed by atoms with Crippen LogP contribution in [-0.4, -0.2) is 49.6 Å². The van der Waals surface area contributed by atoms with Gasteiger partial charge in [-0.1, -0.05) is 13.8 Å². The van der Waals surface area contributed by atoms with E-state index >= 15 is 0 Å². The van der Waals surface area contributed by atoms with Gasteiger partial charge in [0.05, 0.1) is 12.8 Å². The van der Waals surface area contributed by atoms with E-state index in [0.717, 1.165) is 31.9 Å². The molecule has 0 aromatic carbocycles. The van der Waals surface area contributed by atoms with Gasteiger partial charge in [-0.25, -0.2) is 0 Å². The van der Waals surface area contributed by atoms with Crippen LogP contribution < -0.4 is 5.32 Å². The van der Waals surface area contributed by atoms with E-state index < -0.39 is 0 Å². The summed E-state index contributed by atoms with van der Waals surface area (Å²) in [4.78, 5) is 4.84. The average molecular weight is 293 g/mol. The number of likely N-dealkylation sites (N-methyl/N-ethyl adjacent to an activating group) is 2. The molecule has 1 aliphatic rings. The lowest BCUT2D eigenvalue weighted by atomic mass is 10.2. The predicted octanol–water partition coefficient (Wildman–Crippen LogP) is 2.55. The van der Waals surface area contributed by atoms with Gasteiger partial charge in [-0.15, -0.1) is 0 Å². The molecule has 0 amide bonds. The maximum absolute atomic E-state index is 5.69. The topological polar surface area (TPSA) is 31.7 Å². The van der Waals surface area contributed by atoms with E-state index in [1.54, 1.807) is 0 Å². The van der Waals surface area contributed by atoms with Crippen LogP contribution in [-0.2, 0) is 13.1 Å². The molecule has 0 aliphatic carbocycles. The van der Waals surface area contributed by atoms with Gasteiger partial charge in [0, 0.05) is 24.7 Å². The Morgan fingerprint density at radius 1 is 1.48 bits per heavy atom. The molecule has 1 saturated heterocycles. The summed E-state index contributed by atoms with van der Waals surface area (Å²) in [5, 5.41) is 3.45. The van der Waals surface area contributed by atoms with Crippen molar-refractivity contribution in [2.75, 3.05) is 33.7 Å². The van der Waals surface area contributed by atoms with Crippen LogP contribution in [0.3, 0.4) is 0 Å². The lowest BCUT2D eigenvalue weighted by molar-refractivity contribution is 0.206. The molecule has 4 heteroatoms. The summed E-state index contributed by atoms with van der Waals surface area (Å²) in [6.45, 7) is 9.66. The third kappa shape index (κ3) is 5.46. The molecule has 1 N–H and O–H groups in total. The Bertz CT molecular complexity index is 416. The van der Waals surface area contributed by atoms with Crippen molar-refractivity contribution in [3.05, 3.63) is 23.7 Å². The normalized spacial score (nSPS) is 20.0. The van der Waals surface area contributed by atoms with E-state index in [4.69, 9.17) is 4.42 Å². The largest absolute Gasteiger partial charge is 0.468 e. The molecule has 0 spiro atoms. The minimum Gasteiger partial charge on any atom is -0.468 e. The van der Waals surface area contributed by atoms with Gasteiger partial charge in [-0.3, -0.25) is 4.90 Å². The quantitative estimate of drug-likeness (QED) is 0.798. The molecule has 2 heterocycles. The Labute approximate surface area is 129 Å². The summed E-state index contributed by atoms with van der Waals surface area (Å²) in [6.07, 6.45) is 4.54. The van der Waals surface area contributed by atoms with Crippen LogP contribution in [0.15, 0.2) is 16.7 Å². The van der Waals surface area contributed by atoms with Crippen molar-refractivity contribution in [2.45, 2.75) is 45.8 Å². The predicted molar refractivity (Wildman–Crippen MR) is 87.2 cm³/mol. The van der Waals surface area contributed by atoms with Crippen molar-refractivity contribution in [1.29, 1.82) is 0 Å². The average Bonchev–Trinajstić information content (AvgIpc) is 3.00. The van der Waals surface area contributed by atoms with Gasteiger partial charge < -0.3 is 14.6 Å². The molecule has 0 radical (unpaired) electrons. The zero-order valence-electron chi connectivity index (χ0n) is 14.1. The van der Waals surface area contributed by atoms with Crippen LogP contribution >= 0.6 is 0 Å². The molecule has 1 aliphatic heterocycles. The standard InChI is InChI=1S/C17H31N3O/c1-14(2)9-18-10-15-8-17(21-13-15)12-19(3)11-16-6-5-7-20(16)4/h8,13-14,16,18H,5-7,9-12H2,1-4H3. The molecule has 120 valence electrons. The first-order chi connectivity index (χ1) is 10.0. The van der Waals surface area contributed by atoms with Gasteiger partial charge >= 0.3 is 0 Å². The Hall–Kier alpha value is -0.840. The van der Waals surface area contributed by atoms with Gasteiger partial charge in [0.15, 0.2) is 0 Å². The molecular formula is C17H31N3O. The van der Waals surface area contributed by atoms with Crippen molar-refractivity contribution in [2.24, 2.45) is 5.92 Å². The Kier molecular flexibility index (Phi) is 6.27. The summed E-state index contributed by atoms with van der Waals surface area (Å²) in [7, 11) is 4.42. The molecule has 1 aromatic rings. The van der Waals surface area contributed by atoms with Gasteiger partial charge in [0.25, 0.3) is 0 Å². The van der Waals surface area contributed by atoms with Crippen molar-refractivity contribution in [1.82, 2.24) is 15.1 Å². The number of hydrogen-bond donors (Lipinski definition) is 1. The van der Waals surface area contributed by atoms with E-state index in [-0.39, 0.29) is 0 Å². The fourth-order valence-corrected chi connectivity index (χ4v) is 3.01. The smallest absolute Gasteiger partial charge is 0.118 e. The molecule has 0 bridgehead atoms. The summed E-state index contributed by atoms with van der Waals surface area (Å²) < 4.78 is 5.69. The highest BCUT2D eigenvalue weighted by Gasteiger charge is 2.22. The van der Waals surface area contributed by atoms with E-state index in [1.165, 1.54) is 24.9 Å². The number of nitrogens with zero attached hydrogens (tertiary/aromatic N) is 2. The van der Waals surface area contributed by atoms with Crippen molar-refractivity contribution >= 4 is 0 Å². The van der Waals surface area contributed by atoms with Gasteiger partial charge in [0.1, 0.15) is 5.76 Å². The monoisotopic (exact) mass is 293 g/mol. The highest BCUT2D eigenvalue weighted by molar-refractivity contribution is 5.12. The minimum absolute atomic E-state index is 0.686. The summed E-state index contributed by atoms with van der Waals surface area (Å²) >= 11 is 0.